The minimum atomic E-state index is -4.57. The zero-order chi connectivity index (χ0) is 13.2. The standard InChI is InChI=1S/C11H12F3NO2/c1-6(15)10(16)7-3-4-9(17-2)8(5-7)11(12,13)14/h3-6H,15H2,1-2H3. The third-order valence-electron chi connectivity index (χ3n) is 2.20. The smallest absolute Gasteiger partial charge is 0.419 e. The van der Waals surface area contributed by atoms with Crippen molar-refractivity contribution in [1.82, 2.24) is 0 Å². The summed E-state index contributed by atoms with van der Waals surface area (Å²) in [5.41, 5.74) is 4.28. The summed E-state index contributed by atoms with van der Waals surface area (Å²) in [6.45, 7) is 1.42. The lowest BCUT2D eigenvalue weighted by atomic mass is 10.0. The zero-order valence-electron chi connectivity index (χ0n) is 9.34. The van der Waals surface area contributed by atoms with E-state index in [9.17, 15) is 18.0 Å². The van der Waals surface area contributed by atoms with Crippen LogP contribution in [0.3, 0.4) is 0 Å². The number of hydrogen-bond donors (Lipinski definition) is 1. The minimum Gasteiger partial charge on any atom is -0.496 e. The van der Waals surface area contributed by atoms with Gasteiger partial charge in [0.1, 0.15) is 5.75 Å². The van der Waals surface area contributed by atoms with E-state index in [0.29, 0.717) is 0 Å². The summed E-state index contributed by atoms with van der Waals surface area (Å²) in [6, 6.07) is 2.28. The van der Waals surface area contributed by atoms with Gasteiger partial charge in [0.2, 0.25) is 0 Å². The molecule has 0 bridgehead atoms. The molecular formula is C11H12F3NO2. The van der Waals surface area contributed by atoms with Crippen LogP contribution in [0.2, 0.25) is 0 Å². The molecule has 1 aromatic rings. The van der Waals surface area contributed by atoms with Crippen LogP contribution in [0.4, 0.5) is 13.2 Å². The highest BCUT2D eigenvalue weighted by Crippen LogP contribution is 2.36. The van der Waals surface area contributed by atoms with Gasteiger partial charge >= 0.3 is 6.18 Å². The fourth-order valence-corrected chi connectivity index (χ4v) is 1.35. The number of ketones is 1. The molecule has 0 heterocycles. The van der Waals surface area contributed by atoms with E-state index in [-0.39, 0.29) is 11.3 Å². The third kappa shape index (κ3) is 2.97. The minimum absolute atomic E-state index is 0.0758. The molecule has 94 valence electrons. The van der Waals surface area contributed by atoms with Crippen molar-refractivity contribution in [2.45, 2.75) is 19.1 Å². The van der Waals surface area contributed by atoms with E-state index in [2.05, 4.69) is 4.74 Å². The van der Waals surface area contributed by atoms with Gasteiger partial charge in [0, 0.05) is 5.56 Å². The lowest BCUT2D eigenvalue weighted by molar-refractivity contribution is -0.138. The lowest BCUT2D eigenvalue weighted by Crippen LogP contribution is -2.27. The average Bonchev–Trinajstić information content (AvgIpc) is 2.25. The molecule has 17 heavy (non-hydrogen) atoms. The molecule has 0 aliphatic rings. The van der Waals surface area contributed by atoms with Gasteiger partial charge in [-0.25, -0.2) is 0 Å². The van der Waals surface area contributed by atoms with E-state index < -0.39 is 23.6 Å². The highest BCUT2D eigenvalue weighted by Gasteiger charge is 2.35. The van der Waals surface area contributed by atoms with Crippen molar-refractivity contribution < 1.29 is 22.7 Å². The van der Waals surface area contributed by atoms with E-state index >= 15 is 0 Å². The molecule has 0 amide bonds. The number of rotatable bonds is 3. The van der Waals surface area contributed by atoms with Gasteiger partial charge in [0.05, 0.1) is 18.7 Å². The van der Waals surface area contributed by atoms with Crippen LogP contribution >= 0.6 is 0 Å². The molecule has 0 radical (unpaired) electrons. The molecule has 2 N–H and O–H groups in total. The van der Waals surface area contributed by atoms with Crippen LogP contribution in [-0.2, 0) is 6.18 Å². The number of nitrogens with two attached hydrogens (primary N) is 1. The van der Waals surface area contributed by atoms with Crippen LogP contribution in [0.1, 0.15) is 22.8 Å². The molecule has 1 unspecified atom stereocenters. The number of carbonyl (C=O) groups is 1. The molecule has 0 aliphatic heterocycles. The number of Topliss-reactive ketones (excluding diaryl/α,β-unsaturated/α-hetero) is 1. The Morgan fingerprint density at radius 3 is 2.41 bits per heavy atom. The maximum absolute atomic E-state index is 12.7. The van der Waals surface area contributed by atoms with Crippen LogP contribution in [0, 0.1) is 0 Å². The first-order chi connectivity index (χ1) is 7.77. The summed E-state index contributed by atoms with van der Waals surface area (Å²) in [5, 5.41) is 0. The van der Waals surface area contributed by atoms with Crippen LogP contribution < -0.4 is 10.5 Å². The zero-order valence-corrected chi connectivity index (χ0v) is 9.34. The first-order valence-corrected chi connectivity index (χ1v) is 4.82. The monoisotopic (exact) mass is 247 g/mol. The van der Waals surface area contributed by atoms with E-state index in [4.69, 9.17) is 5.73 Å². The Hall–Kier alpha value is -1.56. The van der Waals surface area contributed by atoms with Crippen molar-refractivity contribution in [1.29, 1.82) is 0 Å². The Bertz CT molecular complexity index is 427. The molecule has 0 spiro atoms. The molecular weight excluding hydrogens is 235 g/mol. The van der Waals surface area contributed by atoms with Gasteiger partial charge in [-0.2, -0.15) is 13.2 Å². The largest absolute Gasteiger partial charge is 0.496 e. The molecule has 0 aliphatic carbocycles. The fraction of sp³-hybridized carbons (Fsp3) is 0.364. The predicted octanol–water partition coefficient (Wildman–Crippen LogP) is 2.24. The van der Waals surface area contributed by atoms with Gasteiger partial charge in [-0.05, 0) is 25.1 Å². The Kier molecular flexibility index (Phi) is 3.77. The predicted molar refractivity (Wildman–Crippen MR) is 56.0 cm³/mol. The Labute approximate surface area is 96.4 Å². The number of methoxy groups -OCH3 is 1. The van der Waals surface area contributed by atoms with E-state index in [1.54, 1.807) is 0 Å². The summed E-state index contributed by atoms with van der Waals surface area (Å²) in [4.78, 5) is 11.5. The quantitative estimate of drug-likeness (QED) is 0.833. The summed E-state index contributed by atoms with van der Waals surface area (Å²) in [5.74, 6) is -0.864. The maximum atomic E-state index is 12.7. The van der Waals surface area contributed by atoms with Crippen LogP contribution in [-0.4, -0.2) is 18.9 Å². The Morgan fingerprint density at radius 1 is 1.41 bits per heavy atom. The van der Waals surface area contributed by atoms with E-state index in [1.165, 1.54) is 13.0 Å². The van der Waals surface area contributed by atoms with Gasteiger partial charge < -0.3 is 10.5 Å². The van der Waals surface area contributed by atoms with Gasteiger partial charge in [-0.3, -0.25) is 4.79 Å². The van der Waals surface area contributed by atoms with Crippen LogP contribution in [0.25, 0.3) is 0 Å². The highest BCUT2D eigenvalue weighted by molar-refractivity contribution is 6.00. The number of halogens is 3. The molecule has 1 atom stereocenters. The summed E-state index contributed by atoms with van der Waals surface area (Å²) < 4.78 is 42.6. The first kappa shape index (κ1) is 13.5. The second kappa shape index (κ2) is 4.75. The molecule has 0 saturated heterocycles. The van der Waals surface area contributed by atoms with Crippen molar-refractivity contribution in [3.05, 3.63) is 29.3 Å². The molecule has 1 aromatic carbocycles. The van der Waals surface area contributed by atoms with Crippen LogP contribution in [0.15, 0.2) is 18.2 Å². The van der Waals surface area contributed by atoms with Crippen molar-refractivity contribution in [3.63, 3.8) is 0 Å². The molecule has 0 fully saturated rings. The Morgan fingerprint density at radius 2 is 2.00 bits per heavy atom. The molecule has 3 nitrogen and oxygen atoms in total. The third-order valence-corrected chi connectivity index (χ3v) is 2.20. The number of carbonyl (C=O) groups excluding carboxylic acids is 1. The molecule has 0 aromatic heterocycles. The molecule has 1 rings (SSSR count). The van der Waals surface area contributed by atoms with Crippen molar-refractivity contribution in [2.75, 3.05) is 7.11 Å². The normalized spacial score (nSPS) is 13.3. The van der Waals surface area contributed by atoms with Crippen molar-refractivity contribution in [3.8, 4) is 5.75 Å². The lowest BCUT2D eigenvalue weighted by Gasteiger charge is -2.13. The first-order valence-electron chi connectivity index (χ1n) is 4.82. The number of hydrogen-bond acceptors (Lipinski definition) is 3. The number of benzene rings is 1. The van der Waals surface area contributed by atoms with E-state index in [1.807, 2.05) is 0 Å². The van der Waals surface area contributed by atoms with Gasteiger partial charge in [0.15, 0.2) is 5.78 Å². The van der Waals surface area contributed by atoms with E-state index in [0.717, 1.165) is 19.2 Å². The average molecular weight is 247 g/mol. The van der Waals surface area contributed by atoms with Gasteiger partial charge in [-0.1, -0.05) is 0 Å². The van der Waals surface area contributed by atoms with Gasteiger partial charge in [-0.15, -0.1) is 0 Å². The second-order valence-electron chi connectivity index (χ2n) is 3.57. The van der Waals surface area contributed by atoms with Gasteiger partial charge in [0.25, 0.3) is 0 Å². The molecule has 0 saturated carbocycles. The number of alkyl halides is 3. The second-order valence-corrected chi connectivity index (χ2v) is 3.57. The SMILES string of the molecule is COc1ccc(C(=O)C(C)N)cc1C(F)(F)F. The van der Waals surface area contributed by atoms with Crippen molar-refractivity contribution in [2.24, 2.45) is 5.73 Å². The fourth-order valence-electron chi connectivity index (χ4n) is 1.35. The topological polar surface area (TPSA) is 52.3 Å². The number of ether oxygens (including phenoxy) is 1. The van der Waals surface area contributed by atoms with Crippen molar-refractivity contribution >= 4 is 5.78 Å². The van der Waals surface area contributed by atoms with Crippen LogP contribution in [0.5, 0.6) is 5.75 Å². The Balaban J connectivity index is 3.28. The molecule has 6 heteroatoms. The summed E-state index contributed by atoms with van der Waals surface area (Å²) in [6.07, 6.45) is -4.57. The highest BCUT2D eigenvalue weighted by atomic mass is 19.4. The summed E-state index contributed by atoms with van der Waals surface area (Å²) >= 11 is 0. The maximum Gasteiger partial charge on any atom is 0.419 e. The summed E-state index contributed by atoms with van der Waals surface area (Å²) in [7, 11) is 1.14.